The molecule has 1 aliphatic rings. The number of ether oxygens (including phenoxy) is 1. The molecule has 1 aliphatic heterocycles. The average Bonchev–Trinajstić information content (AvgIpc) is 3.31. The Morgan fingerprint density at radius 2 is 2.14 bits per heavy atom. The van der Waals surface area contributed by atoms with Gasteiger partial charge in [-0.15, -0.1) is 11.3 Å². The van der Waals surface area contributed by atoms with Crippen LogP contribution < -0.4 is 10.2 Å². The minimum atomic E-state index is -0.864. The molecule has 0 bridgehead atoms. The lowest BCUT2D eigenvalue weighted by Gasteiger charge is -2.20. The second kappa shape index (κ2) is 8.47. The lowest BCUT2D eigenvalue weighted by molar-refractivity contribution is -0.141. The first-order valence-electron chi connectivity index (χ1n) is 8.55. The summed E-state index contributed by atoms with van der Waals surface area (Å²) in [5.41, 5.74) is -0.0638. The van der Waals surface area contributed by atoms with Crippen LogP contribution in [-0.4, -0.2) is 31.4 Å². The normalized spacial score (nSPS) is 17.5. The van der Waals surface area contributed by atoms with Crippen LogP contribution in [-0.2, 0) is 19.1 Å². The summed E-state index contributed by atoms with van der Waals surface area (Å²) in [6.45, 7) is -0.0252. The lowest BCUT2D eigenvalue weighted by Crippen LogP contribution is -2.36. The number of hydrogen-bond donors (Lipinski definition) is 1. The number of thiophene rings is 1. The molecule has 1 saturated heterocycles. The molecule has 148 valence electrons. The van der Waals surface area contributed by atoms with Gasteiger partial charge in [-0.1, -0.05) is 6.07 Å². The molecule has 2 unspecified atom stereocenters. The van der Waals surface area contributed by atoms with Crippen LogP contribution in [0.3, 0.4) is 0 Å². The fraction of sp³-hybridized carbons (Fsp3) is 0.316. The number of amides is 2. The molecular weight excluding hydrogens is 390 g/mol. The first-order valence-corrected chi connectivity index (χ1v) is 9.43. The summed E-state index contributed by atoms with van der Waals surface area (Å²) in [5.74, 6) is -3.64. The smallest absolute Gasteiger partial charge is 0.307 e. The van der Waals surface area contributed by atoms with Gasteiger partial charge in [-0.2, -0.15) is 0 Å². The molecule has 1 aromatic carbocycles. The van der Waals surface area contributed by atoms with Crippen LogP contribution in [0.4, 0.5) is 14.5 Å². The topological polar surface area (TPSA) is 75.7 Å². The molecule has 0 radical (unpaired) electrons. The largest absolute Gasteiger partial charge is 0.469 e. The molecule has 1 fully saturated rings. The van der Waals surface area contributed by atoms with E-state index in [1.807, 2.05) is 5.38 Å². The van der Waals surface area contributed by atoms with Crippen LogP contribution in [0.15, 0.2) is 35.7 Å². The molecule has 9 heteroatoms. The first-order chi connectivity index (χ1) is 13.4. The van der Waals surface area contributed by atoms with E-state index in [0.29, 0.717) is 6.07 Å². The molecule has 2 aromatic rings. The Kier molecular flexibility index (Phi) is 6.03. The van der Waals surface area contributed by atoms with Crippen molar-refractivity contribution < 1.29 is 27.9 Å². The third-order valence-electron chi connectivity index (χ3n) is 4.50. The molecule has 0 saturated carbocycles. The Bertz CT molecular complexity index is 888. The number of halogens is 2. The highest BCUT2D eigenvalue weighted by atomic mass is 32.1. The molecule has 28 heavy (non-hydrogen) atoms. The monoisotopic (exact) mass is 408 g/mol. The van der Waals surface area contributed by atoms with Crippen molar-refractivity contribution in [2.24, 2.45) is 5.92 Å². The summed E-state index contributed by atoms with van der Waals surface area (Å²) < 4.78 is 31.8. The Morgan fingerprint density at radius 1 is 1.36 bits per heavy atom. The van der Waals surface area contributed by atoms with E-state index >= 15 is 0 Å². The zero-order chi connectivity index (χ0) is 20.3. The Balaban J connectivity index is 1.71. The van der Waals surface area contributed by atoms with Gasteiger partial charge < -0.3 is 15.0 Å². The summed E-state index contributed by atoms with van der Waals surface area (Å²) in [6, 6.07) is 5.94. The van der Waals surface area contributed by atoms with Crippen molar-refractivity contribution in [3.05, 3.63) is 52.2 Å². The van der Waals surface area contributed by atoms with Gasteiger partial charge >= 0.3 is 5.97 Å². The van der Waals surface area contributed by atoms with Crippen molar-refractivity contribution in [2.75, 3.05) is 18.6 Å². The number of nitrogens with zero attached hydrogens (tertiary/aromatic N) is 1. The van der Waals surface area contributed by atoms with E-state index in [1.165, 1.54) is 24.5 Å². The highest BCUT2D eigenvalue weighted by molar-refractivity contribution is 7.10. The van der Waals surface area contributed by atoms with Gasteiger partial charge in [0, 0.05) is 23.9 Å². The zero-order valence-electron chi connectivity index (χ0n) is 15.0. The molecular formula is C19H18F2N2O4S. The highest BCUT2D eigenvalue weighted by Gasteiger charge is 2.37. The second-order valence-corrected chi connectivity index (χ2v) is 7.34. The van der Waals surface area contributed by atoms with Crippen LogP contribution in [0.1, 0.15) is 23.8 Å². The van der Waals surface area contributed by atoms with Gasteiger partial charge in [-0.05, 0) is 23.6 Å². The molecule has 0 spiro atoms. The molecule has 1 N–H and O–H groups in total. The number of rotatable bonds is 6. The maximum atomic E-state index is 14.0. The number of nitrogens with one attached hydrogen (secondary N) is 1. The number of benzene rings is 1. The second-order valence-electron chi connectivity index (χ2n) is 6.36. The predicted octanol–water partition coefficient (Wildman–Crippen LogP) is 2.80. The first kappa shape index (κ1) is 19.9. The summed E-state index contributed by atoms with van der Waals surface area (Å²) >= 11 is 1.38. The molecule has 2 heterocycles. The maximum Gasteiger partial charge on any atom is 0.307 e. The summed E-state index contributed by atoms with van der Waals surface area (Å²) in [4.78, 5) is 38.6. The minimum Gasteiger partial charge on any atom is -0.469 e. The Morgan fingerprint density at radius 3 is 2.79 bits per heavy atom. The Labute approximate surface area is 164 Å². The molecule has 6 nitrogen and oxygen atoms in total. The number of esters is 1. The number of carbonyl (C=O) groups is 3. The summed E-state index contributed by atoms with van der Waals surface area (Å²) in [5, 5.41) is 4.60. The third kappa shape index (κ3) is 4.36. The number of carbonyl (C=O) groups excluding carboxylic acids is 3. The third-order valence-corrected chi connectivity index (χ3v) is 5.48. The van der Waals surface area contributed by atoms with Gasteiger partial charge in [-0.25, -0.2) is 8.78 Å². The predicted molar refractivity (Wildman–Crippen MR) is 98.7 cm³/mol. The van der Waals surface area contributed by atoms with Crippen molar-refractivity contribution in [2.45, 2.75) is 18.9 Å². The summed E-state index contributed by atoms with van der Waals surface area (Å²) in [6.07, 6.45) is -0.141. The molecule has 3 rings (SSSR count). The lowest BCUT2D eigenvalue weighted by atomic mass is 10.1. The van der Waals surface area contributed by atoms with Gasteiger partial charge in [0.05, 0.1) is 31.2 Å². The van der Waals surface area contributed by atoms with Gasteiger partial charge in [0.15, 0.2) is 0 Å². The average molecular weight is 408 g/mol. The van der Waals surface area contributed by atoms with Crippen molar-refractivity contribution in [1.82, 2.24) is 5.32 Å². The van der Waals surface area contributed by atoms with Crippen molar-refractivity contribution in [1.29, 1.82) is 0 Å². The van der Waals surface area contributed by atoms with E-state index in [-0.39, 0.29) is 25.1 Å². The van der Waals surface area contributed by atoms with Crippen LogP contribution in [0.5, 0.6) is 0 Å². The Hall–Kier alpha value is -2.81. The van der Waals surface area contributed by atoms with Crippen LogP contribution in [0.2, 0.25) is 0 Å². The van der Waals surface area contributed by atoms with Gasteiger partial charge in [-0.3, -0.25) is 14.4 Å². The molecule has 0 aliphatic carbocycles. The van der Waals surface area contributed by atoms with Crippen LogP contribution in [0, 0.1) is 17.6 Å². The van der Waals surface area contributed by atoms with E-state index in [1.54, 1.807) is 12.1 Å². The number of anilines is 1. The van der Waals surface area contributed by atoms with Crippen molar-refractivity contribution >= 4 is 34.8 Å². The maximum absolute atomic E-state index is 14.0. The fourth-order valence-corrected chi connectivity index (χ4v) is 3.85. The molecule has 2 amide bonds. The zero-order valence-corrected chi connectivity index (χ0v) is 15.8. The van der Waals surface area contributed by atoms with E-state index in [4.69, 9.17) is 0 Å². The van der Waals surface area contributed by atoms with E-state index in [0.717, 1.165) is 15.8 Å². The number of methoxy groups -OCH3 is 1. The van der Waals surface area contributed by atoms with Crippen LogP contribution in [0.25, 0.3) is 0 Å². The van der Waals surface area contributed by atoms with E-state index in [9.17, 15) is 23.2 Å². The van der Waals surface area contributed by atoms with Crippen molar-refractivity contribution in [3.8, 4) is 0 Å². The summed E-state index contributed by atoms with van der Waals surface area (Å²) in [7, 11) is 1.26. The van der Waals surface area contributed by atoms with E-state index < -0.39 is 41.4 Å². The SMILES string of the molecule is COC(=O)CC(NC(=O)C1CC(=O)N(c2ccc(F)cc2F)C1)c1cccs1. The fourth-order valence-electron chi connectivity index (χ4n) is 3.07. The van der Waals surface area contributed by atoms with E-state index in [2.05, 4.69) is 10.1 Å². The van der Waals surface area contributed by atoms with Crippen molar-refractivity contribution in [3.63, 3.8) is 0 Å². The molecule has 2 atom stereocenters. The van der Waals surface area contributed by atoms with Gasteiger partial charge in [0.25, 0.3) is 0 Å². The van der Waals surface area contributed by atoms with Crippen LogP contribution >= 0.6 is 11.3 Å². The number of hydrogen-bond acceptors (Lipinski definition) is 5. The van der Waals surface area contributed by atoms with Gasteiger partial charge in [0.1, 0.15) is 11.6 Å². The standard InChI is InChI=1S/C19H18F2N2O4S/c1-27-18(25)9-14(16-3-2-6-28-16)22-19(26)11-7-17(24)23(10-11)15-5-4-12(20)8-13(15)21/h2-6,8,11,14H,7,9-10H2,1H3,(H,22,26). The quantitative estimate of drug-likeness (QED) is 0.746. The minimum absolute atomic E-state index is 0.0252. The highest BCUT2D eigenvalue weighted by Crippen LogP contribution is 2.29. The molecule has 1 aromatic heterocycles. The van der Waals surface area contributed by atoms with Gasteiger partial charge in [0.2, 0.25) is 11.8 Å².